The summed E-state index contributed by atoms with van der Waals surface area (Å²) in [6, 6.07) is 15.9. The van der Waals surface area contributed by atoms with Gasteiger partial charge in [0.15, 0.2) is 5.65 Å². The number of aryl methyl sites for hydroxylation is 5. The van der Waals surface area contributed by atoms with Crippen LogP contribution in [0.3, 0.4) is 0 Å². The van der Waals surface area contributed by atoms with Crippen LogP contribution in [0.25, 0.3) is 39.1 Å². The Morgan fingerprint density at radius 3 is 2.58 bits per heavy atom. The molecule has 0 unspecified atom stereocenters. The number of anilines is 1. The van der Waals surface area contributed by atoms with Crippen LogP contribution in [0.15, 0.2) is 60.9 Å². The van der Waals surface area contributed by atoms with Gasteiger partial charge in [-0.1, -0.05) is 6.07 Å². The topological polar surface area (TPSA) is 101 Å². The molecule has 200 valence electrons. The van der Waals surface area contributed by atoms with Crippen molar-refractivity contribution in [2.24, 2.45) is 0 Å². The Hall–Kier alpha value is -4.85. The van der Waals surface area contributed by atoms with Crippen LogP contribution in [-0.2, 0) is 11.2 Å². The molecule has 0 aliphatic heterocycles. The fourth-order valence-corrected chi connectivity index (χ4v) is 5.30. The summed E-state index contributed by atoms with van der Waals surface area (Å²) in [5, 5.41) is 8.92. The average Bonchev–Trinajstić information content (AvgIpc) is 3.51. The number of aromatic amines is 1. The zero-order valence-electron chi connectivity index (χ0n) is 23.3. The van der Waals surface area contributed by atoms with Gasteiger partial charge in [0, 0.05) is 41.1 Å². The third-order valence-electron chi connectivity index (χ3n) is 7.61. The van der Waals surface area contributed by atoms with Crippen molar-refractivity contribution in [3.05, 3.63) is 94.6 Å². The van der Waals surface area contributed by atoms with Crippen molar-refractivity contribution in [1.82, 2.24) is 29.7 Å². The molecule has 0 spiro atoms. The van der Waals surface area contributed by atoms with E-state index in [1.54, 1.807) is 12.4 Å². The molecule has 0 aliphatic rings. The number of amides is 1. The molecule has 8 heteroatoms. The second-order valence-corrected chi connectivity index (χ2v) is 10.4. The number of hydrogen-bond acceptors (Lipinski definition) is 5. The van der Waals surface area contributed by atoms with Crippen LogP contribution in [0.1, 0.15) is 40.1 Å². The summed E-state index contributed by atoms with van der Waals surface area (Å²) in [4.78, 5) is 30.1. The zero-order valence-corrected chi connectivity index (χ0v) is 23.3. The van der Waals surface area contributed by atoms with Gasteiger partial charge in [-0.05, 0) is 106 Å². The van der Waals surface area contributed by atoms with Gasteiger partial charge in [0.1, 0.15) is 5.82 Å². The number of benzene rings is 2. The Balaban J connectivity index is 1.21. The number of carbonyl (C=O) groups excluding carboxylic acids is 1. The molecule has 0 bridgehead atoms. The first-order valence-corrected chi connectivity index (χ1v) is 13.4. The fraction of sp³-hybridized carbons (Fsp3) is 0.219. The van der Waals surface area contributed by atoms with Crippen LogP contribution >= 0.6 is 0 Å². The van der Waals surface area contributed by atoms with Crippen LogP contribution in [0, 0.1) is 34.6 Å². The molecule has 0 aliphatic carbocycles. The van der Waals surface area contributed by atoms with Gasteiger partial charge in [-0.25, -0.2) is 14.6 Å². The second-order valence-electron chi connectivity index (χ2n) is 10.4. The predicted octanol–water partition coefficient (Wildman–Crippen LogP) is 6.47. The van der Waals surface area contributed by atoms with Crippen LogP contribution < -0.4 is 5.32 Å². The standard InChI is InChI=1S/C32H31N7O/c1-18-8-10-25(15-19(18)2)39-32-30(22(5)38-39)20(3)26(21(4)34-32)11-13-29(40)35-24-9-12-27-28(16-24)37-31(36-27)23-7-6-14-33-17-23/h6-10,12,14-17H,11,13H2,1-5H3,(H,35,40)(H,36,37). The maximum absolute atomic E-state index is 13.0. The molecule has 40 heavy (non-hydrogen) atoms. The quantitative estimate of drug-likeness (QED) is 0.257. The van der Waals surface area contributed by atoms with Gasteiger partial charge in [0.05, 0.1) is 22.4 Å². The maximum atomic E-state index is 13.0. The highest BCUT2D eigenvalue weighted by atomic mass is 16.1. The zero-order chi connectivity index (χ0) is 28.0. The molecule has 2 N–H and O–H groups in total. The number of hydrogen-bond donors (Lipinski definition) is 2. The van der Waals surface area contributed by atoms with Gasteiger partial charge in [-0.3, -0.25) is 9.78 Å². The third-order valence-corrected chi connectivity index (χ3v) is 7.61. The molecule has 4 heterocycles. The minimum Gasteiger partial charge on any atom is -0.338 e. The van der Waals surface area contributed by atoms with Crippen molar-refractivity contribution in [3.8, 4) is 17.1 Å². The van der Waals surface area contributed by atoms with Crippen molar-refractivity contribution in [1.29, 1.82) is 0 Å². The van der Waals surface area contributed by atoms with E-state index in [1.807, 2.05) is 48.9 Å². The van der Waals surface area contributed by atoms with Crippen LogP contribution in [0.5, 0.6) is 0 Å². The molecule has 6 rings (SSSR count). The number of imidazole rings is 1. The summed E-state index contributed by atoms with van der Waals surface area (Å²) >= 11 is 0. The molecule has 8 nitrogen and oxygen atoms in total. The lowest BCUT2D eigenvalue weighted by Crippen LogP contribution is -2.13. The molecular weight excluding hydrogens is 498 g/mol. The Morgan fingerprint density at radius 1 is 0.950 bits per heavy atom. The molecule has 0 fully saturated rings. The lowest BCUT2D eigenvalue weighted by atomic mass is 9.99. The summed E-state index contributed by atoms with van der Waals surface area (Å²) in [6.45, 7) is 10.4. The molecular formula is C32H31N7O. The molecule has 0 saturated heterocycles. The van der Waals surface area contributed by atoms with E-state index < -0.39 is 0 Å². The van der Waals surface area contributed by atoms with Crippen molar-refractivity contribution in [2.45, 2.75) is 47.5 Å². The van der Waals surface area contributed by atoms with Gasteiger partial charge >= 0.3 is 0 Å². The Bertz CT molecular complexity index is 1900. The minimum atomic E-state index is -0.0483. The van der Waals surface area contributed by atoms with E-state index in [4.69, 9.17) is 10.1 Å². The van der Waals surface area contributed by atoms with Crippen LogP contribution in [0.2, 0.25) is 0 Å². The highest BCUT2D eigenvalue weighted by molar-refractivity contribution is 5.94. The summed E-state index contributed by atoms with van der Waals surface area (Å²) in [7, 11) is 0. The highest BCUT2D eigenvalue weighted by Crippen LogP contribution is 2.29. The summed E-state index contributed by atoms with van der Waals surface area (Å²) in [5.41, 5.74) is 11.7. The normalized spacial score (nSPS) is 11.4. The van der Waals surface area contributed by atoms with E-state index in [-0.39, 0.29) is 5.91 Å². The Labute approximate surface area is 232 Å². The number of H-pyrrole nitrogens is 1. The van der Waals surface area contributed by atoms with E-state index in [9.17, 15) is 4.79 Å². The molecule has 6 aromatic rings. The number of aromatic nitrogens is 6. The summed E-state index contributed by atoms with van der Waals surface area (Å²) in [6.07, 6.45) is 4.45. The number of pyridine rings is 2. The minimum absolute atomic E-state index is 0.0483. The first-order valence-electron chi connectivity index (χ1n) is 13.4. The first kappa shape index (κ1) is 25.4. The van der Waals surface area contributed by atoms with E-state index in [1.165, 1.54) is 11.1 Å². The largest absolute Gasteiger partial charge is 0.338 e. The van der Waals surface area contributed by atoms with Gasteiger partial charge in [0.25, 0.3) is 0 Å². The maximum Gasteiger partial charge on any atom is 0.224 e. The smallest absolute Gasteiger partial charge is 0.224 e. The Morgan fingerprint density at radius 2 is 1.80 bits per heavy atom. The number of carbonyl (C=O) groups is 1. The average molecular weight is 530 g/mol. The van der Waals surface area contributed by atoms with E-state index in [2.05, 4.69) is 59.2 Å². The van der Waals surface area contributed by atoms with E-state index in [0.29, 0.717) is 12.8 Å². The summed E-state index contributed by atoms with van der Waals surface area (Å²) < 4.78 is 1.93. The fourth-order valence-electron chi connectivity index (χ4n) is 5.30. The number of nitrogens with zero attached hydrogens (tertiary/aromatic N) is 5. The van der Waals surface area contributed by atoms with Gasteiger partial charge in [0.2, 0.25) is 5.91 Å². The van der Waals surface area contributed by atoms with Crippen molar-refractivity contribution < 1.29 is 4.79 Å². The molecule has 0 atom stereocenters. The van der Waals surface area contributed by atoms with Crippen molar-refractivity contribution >= 4 is 33.7 Å². The molecule has 0 radical (unpaired) electrons. The molecule has 0 saturated carbocycles. The number of nitrogens with one attached hydrogen (secondary N) is 2. The molecule has 4 aromatic heterocycles. The van der Waals surface area contributed by atoms with Gasteiger partial charge < -0.3 is 10.3 Å². The SMILES string of the molecule is Cc1ccc(-n2nc(C)c3c(C)c(CCC(=O)Nc4ccc5nc(-c6cccnc6)[nH]c5c4)c(C)nc32)cc1C. The Kier molecular flexibility index (Phi) is 6.38. The lowest BCUT2D eigenvalue weighted by molar-refractivity contribution is -0.116. The number of fused-ring (bicyclic) bond motifs is 2. The van der Waals surface area contributed by atoms with Crippen molar-refractivity contribution in [2.75, 3.05) is 5.32 Å². The van der Waals surface area contributed by atoms with Crippen LogP contribution in [-0.4, -0.2) is 35.6 Å². The van der Waals surface area contributed by atoms with Gasteiger partial charge in [-0.2, -0.15) is 5.10 Å². The first-order chi connectivity index (χ1) is 19.3. The predicted molar refractivity (Wildman–Crippen MR) is 159 cm³/mol. The van der Waals surface area contributed by atoms with E-state index in [0.717, 1.165) is 67.3 Å². The second kappa shape index (κ2) is 10.0. The lowest BCUT2D eigenvalue weighted by Gasteiger charge is -2.12. The highest BCUT2D eigenvalue weighted by Gasteiger charge is 2.18. The molecule has 2 aromatic carbocycles. The van der Waals surface area contributed by atoms with Crippen molar-refractivity contribution in [3.63, 3.8) is 0 Å². The van der Waals surface area contributed by atoms with Gasteiger partial charge in [-0.15, -0.1) is 0 Å². The summed E-state index contributed by atoms with van der Waals surface area (Å²) in [5.74, 6) is 0.698. The van der Waals surface area contributed by atoms with Crippen LogP contribution in [0.4, 0.5) is 5.69 Å². The third kappa shape index (κ3) is 4.62. The van der Waals surface area contributed by atoms with E-state index >= 15 is 0 Å². The number of rotatable bonds is 6. The monoisotopic (exact) mass is 529 g/mol. The molecule has 1 amide bonds.